The van der Waals surface area contributed by atoms with Crippen LogP contribution in [0.15, 0.2) is 48.5 Å². The smallest absolute Gasteiger partial charge is 0.269 e. The van der Waals surface area contributed by atoms with Crippen molar-refractivity contribution >= 4 is 23.6 Å². The number of hydrogen-bond donors (Lipinski definition) is 4. The van der Waals surface area contributed by atoms with Crippen molar-refractivity contribution in [3.05, 3.63) is 70.8 Å². The van der Waals surface area contributed by atoms with E-state index in [0.29, 0.717) is 11.1 Å². The fourth-order valence-electron chi connectivity index (χ4n) is 2.40. The minimum absolute atomic E-state index is 0.153. The predicted molar refractivity (Wildman–Crippen MR) is 103 cm³/mol. The van der Waals surface area contributed by atoms with E-state index in [1.165, 1.54) is 0 Å². The van der Waals surface area contributed by atoms with Crippen LogP contribution in [-0.2, 0) is 9.59 Å². The normalized spacial score (nSPS) is 9.93. The van der Waals surface area contributed by atoms with E-state index in [9.17, 15) is 19.2 Å². The molecule has 0 fully saturated rings. The first-order valence-corrected chi connectivity index (χ1v) is 8.68. The van der Waals surface area contributed by atoms with Gasteiger partial charge in [0.25, 0.3) is 11.8 Å². The summed E-state index contributed by atoms with van der Waals surface area (Å²) in [7, 11) is 0. The average Bonchev–Trinajstić information content (AvgIpc) is 2.69. The molecule has 0 aliphatic rings. The Bertz CT molecular complexity index is 822. The van der Waals surface area contributed by atoms with E-state index in [4.69, 9.17) is 0 Å². The Morgan fingerprint density at radius 3 is 1.32 bits per heavy atom. The molecule has 28 heavy (non-hydrogen) atoms. The molecular weight excluding hydrogens is 360 g/mol. The lowest BCUT2D eigenvalue weighted by Gasteiger charge is -2.10. The first-order chi connectivity index (χ1) is 13.4. The fraction of sp³-hybridized carbons (Fsp3) is 0.200. The molecule has 4 N–H and O–H groups in total. The van der Waals surface area contributed by atoms with Crippen molar-refractivity contribution in [2.24, 2.45) is 0 Å². The maximum Gasteiger partial charge on any atom is 0.269 e. The van der Waals surface area contributed by atoms with Gasteiger partial charge in [0.05, 0.1) is 0 Å². The molecule has 2 aromatic rings. The number of amides is 4. The molecule has 0 atom stereocenters. The molecule has 0 radical (unpaired) electrons. The summed E-state index contributed by atoms with van der Waals surface area (Å²) in [6.45, 7) is 3.57. The zero-order chi connectivity index (χ0) is 20.5. The highest BCUT2D eigenvalue weighted by Gasteiger charge is 2.12. The summed E-state index contributed by atoms with van der Waals surface area (Å²) in [5.41, 5.74) is 11.6. The van der Waals surface area contributed by atoms with E-state index in [1.54, 1.807) is 62.4 Å². The zero-order valence-corrected chi connectivity index (χ0v) is 15.7. The molecule has 0 saturated heterocycles. The second kappa shape index (κ2) is 9.86. The van der Waals surface area contributed by atoms with Gasteiger partial charge in [-0.3, -0.25) is 40.9 Å². The Kier molecular flexibility index (Phi) is 7.27. The minimum atomic E-state index is -0.526. The molecule has 0 spiro atoms. The number of nitrogens with one attached hydrogen (secondary N) is 4. The van der Waals surface area contributed by atoms with Gasteiger partial charge in [0.15, 0.2) is 0 Å². The summed E-state index contributed by atoms with van der Waals surface area (Å²) >= 11 is 0. The van der Waals surface area contributed by atoms with Crippen LogP contribution in [0.4, 0.5) is 0 Å². The molecule has 0 aromatic heterocycles. The predicted octanol–water partition coefficient (Wildman–Crippen LogP) is 1.31. The van der Waals surface area contributed by atoms with Crippen molar-refractivity contribution in [3.8, 4) is 0 Å². The Morgan fingerprint density at radius 1 is 0.607 bits per heavy atom. The Labute approximate surface area is 162 Å². The molecule has 8 heteroatoms. The third-order valence-electron chi connectivity index (χ3n) is 3.99. The van der Waals surface area contributed by atoms with E-state index in [1.807, 2.05) is 0 Å². The van der Waals surface area contributed by atoms with Gasteiger partial charge in [0.1, 0.15) is 0 Å². The third kappa shape index (κ3) is 5.94. The molecular formula is C20H22N4O4. The molecule has 0 aliphatic carbocycles. The number of rotatable bonds is 5. The molecule has 0 heterocycles. The van der Waals surface area contributed by atoms with Gasteiger partial charge in [-0.2, -0.15) is 0 Å². The van der Waals surface area contributed by atoms with Crippen molar-refractivity contribution in [2.45, 2.75) is 26.7 Å². The van der Waals surface area contributed by atoms with E-state index >= 15 is 0 Å². The summed E-state index contributed by atoms with van der Waals surface area (Å²) in [6.07, 6.45) is -0.305. The lowest BCUT2D eigenvalue weighted by Crippen LogP contribution is -2.44. The van der Waals surface area contributed by atoms with Crippen LogP contribution in [-0.4, -0.2) is 23.6 Å². The first-order valence-electron chi connectivity index (χ1n) is 8.68. The molecule has 0 bridgehead atoms. The Morgan fingerprint density at radius 2 is 0.964 bits per heavy atom. The number of carbonyl (C=O) groups is 4. The lowest BCUT2D eigenvalue weighted by molar-refractivity contribution is -0.127. The molecule has 146 valence electrons. The summed E-state index contributed by atoms with van der Waals surface area (Å²) in [5, 5.41) is 0. The van der Waals surface area contributed by atoms with E-state index in [0.717, 1.165) is 11.1 Å². The van der Waals surface area contributed by atoms with Crippen LogP contribution in [0.1, 0.15) is 44.7 Å². The highest BCUT2D eigenvalue weighted by atomic mass is 16.2. The van der Waals surface area contributed by atoms with Gasteiger partial charge < -0.3 is 0 Å². The van der Waals surface area contributed by atoms with Crippen LogP contribution in [0, 0.1) is 13.8 Å². The topological polar surface area (TPSA) is 116 Å². The Hall–Kier alpha value is -3.68. The van der Waals surface area contributed by atoms with Crippen LogP contribution < -0.4 is 21.7 Å². The molecule has 0 aliphatic heterocycles. The van der Waals surface area contributed by atoms with Crippen LogP contribution in [0.3, 0.4) is 0 Å². The SMILES string of the molecule is Cc1ccccc1C(=O)NNC(=O)CCC(=O)NNC(=O)c1ccccc1C. The quantitative estimate of drug-likeness (QED) is 0.583. The molecule has 0 saturated carbocycles. The molecule has 2 rings (SSSR count). The van der Waals surface area contributed by atoms with Gasteiger partial charge in [-0.25, -0.2) is 0 Å². The maximum atomic E-state index is 12.0. The summed E-state index contributed by atoms with van der Waals surface area (Å²) in [4.78, 5) is 47.5. The Balaban J connectivity index is 1.70. The number of aryl methyl sites for hydroxylation is 2. The maximum absolute atomic E-state index is 12.0. The van der Waals surface area contributed by atoms with Crippen LogP contribution in [0.25, 0.3) is 0 Å². The van der Waals surface area contributed by atoms with Gasteiger partial charge in [0, 0.05) is 24.0 Å². The van der Waals surface area contributed by atoms with Gasteiger partial charge in [-0.05, 0) is 37.1 Å². The van der Waals surface area contributed by atoms with Crippen molar-refractivity contribution in [2.75, 3.05) is 0 Å². The number of hydrazine groups is 2. The highest BCUT2D eigenvalue weighted by Crippen LogP contribution is 2.06. The number of carbonyl (C=O) groups excluding carboxylic acids is 4. The lowest BCUT2D eigenvalue weighted by atomic mass is 10.1. The standard InChI is InChI=1S/C20H22N4O4/c1-13-7-3-5-9-15(13)19(27)23-21-17(25)11-12-18(26)22-24-20(28)16-10-6-4-8-14(16)2/h3-10H,11-12H2,1-2H3,(H,21,25)(H,22,26)(H,23,27)(H,24,28). The largest absolute Gasteiger partial charge is 0.273 e. The van der Waals surface area contributed by atoms with Crippen LogP contribution >= 0.6 is 0 Å². The van der Waals surface area contributed by atoms with Gasteiger partial charge in [-0.1, -0.05) is 36.4 Å². The minimum Gasteiger partial charge on any atom is -0.273 e. The van der Waals surface area contributed by atoms with Gasteiger partial charge in [0.2, 0.25) is 11.8 Å². The first kappa shape index (κ1) is 20.6. The second-order valence-corrected chi connectivity index (χ2v) is 6.13. The summed E-state index contributed by atoms with van der Waals surface area (Å²) in [5.74, 6) is -1.94. The molecule has 4 amide bonds. The van der Waals surface area contributed by atoms with E-state index in [-0.39, 0.29) is 12.8 Å². The molecule has 0 unspecified atom stereocenters. The van der Waals surface area contributed by atoms with Gasteiger partial charge >= 0.3 is 0 Å². The summed E-state index contributed by atoms with van der Waals surface area (Å²) in [6, 6.07) is 13.9. The van der Waals surface area contributed by atoms with Crippen LogP contribution in [0.2, 0.25) is 0 Å². The van der Waals surface area contributed by atoms with E-state index < -0.39 is 23.6 Å². The van der Waals surface area contributed by atoms with Crippen molar-refractivity contribution in [1.29, 1.82) is 0 Å². The fourth-order valence-corrected chi connectivity index (χ4v) is 2.40. The zero-order valence-electron chi connectivity index (χ0n) is 15.7. The third-order valence-corrected chi connectivity index (χ3v) is 3.99. The highest BCUT2D eigenvalue weighted by molar-refractivity contribution is 5.97. The monoisotopic (exact) mass is 382 g/mol. The number of hydrogen-bond acceptors (Lipinski definition) is 4. The number of benzene rings is 2. The van der Waals surface area contributed by atoms with Gasteiger partial charge in [-0.15, -0.1) is 0 Å². The van der Waals surface area contributed by atoms with Crippen molar-refractivity contribution in [1.82, 2.24) is 21.7 Å². The van der Waals surface area contributed by atoms with Crippen molar-refractivity contribution in [3.63, 3.8) is 0 Å². The molecule has 8 nitrogen and oxygen atoms in total. The van der Waals surface area contributed by atoms with Crippen LogP contribution in [0.5, 0.6) is 0 Å². The molecule has 2 aromatic carbocycles. The van der Waals surface area contributed by atoms with E-state index in [2.05, 4.69) is 21.7 Å². The second-order valence-electron chi connectivity index (χ2n) is 6.13. The van der Waals surface area contributed by atoms with Crippen molar-refractivity contribution < 1.29 is 19.2 Å². The summed E-state index contributed by atoms with van der Waals surface area (Å²) < 4.78 is 0. The average molecular weight is 382 g/mol.